The number of nitrogens with one attached hydrogen (secondary N) is 1. The lowest BCUT2D eigenvalue weighted by molar-refractivity contribution is -0.104. The van der Waals surface area contributed by atoms with Crippen LogP contribution in [0.1, 0.15) is 0 Å². The Kier molecular flexibility index (Phi) is 4.67. The molecule has 0 saturated carbocycles. The first-order valence-electron chi connectivity index (χ1n) is 3.16. The Bertz CT molecular complexity index is 347. The van der Waals surface area contributed by atoms with Gasteiger partial charge in [0.2, 0.25) is 28.3 Å². The average molecular weight is 289 g/mol. The highest BCUT2D eigenvalue weighted by molar-refractivity contribution is 7.95. The fourth-order valence-electron chi connectivity index (χ4n) is 0.531. The Morgan fingerprint density at radius 1 is 1.19 bits per heavy atom. The van der Waals surface area contributed by atoms with Gasteiger partial charge in [-0.3, -0.25) is 5.41 Å². The summed E-state index contributed by atoms with van der Waals surface area (Å²) in [6.45, 7) is 0. The molecule has 3 atom stereocenters. The van der Waals surface area contributed by atoms with Gasteiger partial charge in [0.1, 0.15) is 0 Å². The van der Waals surface area contributed by atoms with Crippen molar-refractivity contribution < 1.29 is 39.5 Å². The van der Waals surface area contributed by atoms with Crippen LogP contribution >= 0.6 is 0 Å². The molecule has 0 aromatic heterocycles. The van der Waals surface area contributed by atoms with Crippen molar-refractivity contribution in [2.45, 2.75) is 17.3 Å². The smallest absolute Gasteiger partial charge is 0.301 e. The zero-order valence-corrected chi connectivity index (χ0v) is 8.63. The molecule has 0 amide bonds. The van der Waals surface area contributed by atoms with Crippen molar-refractivity contribution in [3.05, 3.63) is 0 Å². The highest BCUT2D eigenvalue weighted by Crippen LogP contribution is 2.36. The third-order valence-electron chi connectivity index (χ3n) is 1.32. The minimum absolute atomic E-state index is 2.52. The maximum atomic E-state index is 12.6. The fraction of sp³-hybridized carbons (Fsp3) is 0.750. The van der Waals surface area contributed by atoms with E-state index in [9.17, 15) is 30.4 Å². The van der Waals surface area contributed by atoms with Crippen LogP contribution < -0.4 is 0 Å². The van der Waals surface area contributed by atoms with Crippen molar-refractivity contribution >= 4 is 27.2 Å². The van der Waals surface area contributed by atoms with E-state index in [0.29, 0.717) is 0 Å². The van der Waals surface area contributed by atoms with Crippen LogP contribution in [0, 0.1) is 5.41 Å². The van der Waals surface area contributed by atoms with Gasteiger partial charge in [0.15, 0.2) is 5.04 Å². The topological polar surface area (TPSA) is 98.5 Å². The van der Waals surface area contributed by atoms with Crippen LogP contribution in [0.3, 0.4) is 0 Å². The van der Waals surface area contributed by atoms with Gasteiger partial charge in [-0.25, -0.2) is 12.8 Å². The van der Waals surface area contributed by atoms with Gasteiger partial charge >= 0.3 is 11.2 Å². The molecule has 0 aliphatic carbocycles. The van der Waals surface area contributed by atoms with Crippen molar-refractivity contribution in [1.29, 1.82) is 5.41 Å². The van der Waals surface area contributed by atoms with Gasteiger partial charge in [0, 0.05) is 0 Å². The molecule has 0 spiro atoms. The first-order valence-corrected chi connectivity index (χ1v) is 5.37. The first kappa shape index (κ1) is 15.5. The number of rotatable bonds is 4. The van der Waals surface area contributed by atoms with Crippen LogP contribution in [0.25, 0.3) is 0 Å². The third kappa shape index (κ3) is 2.81. The maximum Gasteiger partial charge on any atom is 0.381 e. The molecule has 0 fully saturated rings. The molecule has 0 aromatic carbocycles. The van der Waals surface area contributed by atoms with Crippen molar-refractivity contribution in [1.82, 2.24) is 0 Å². The van der Waals surface area contributed by atoms with Crippen LogP contribution in [-0.2, 0) is 22.2 Å². The Morgan fingerprint density at radius 3 is 1.81 bits per heavy atom. The van der Waals surface area contributed by atoms with E-state index in [2.05, 4.69) is 0 Å². The highest BCUT2D eigenvalue weighted by atomic mass is 32.2. The number of hydrogen-bond acceptors (Lipinski definition) is 3. The van der Waals surface area contributed by atoms with E-state index in [1.807, 2.05) is 0 Å². The summed E-state index contributed by atoms with van der Waals surface area (Å²) in [5.41, 5.74) is 0. The van der Waals surface area contributed by atoms with E-state index in [-0.39, 0.29) is 0 Å². The largest absolute Gasteiger partial charge is 0.381 e. The molecule has 5 nitrogen and oxygen atoms in total. The van der Waals surface area contributed by atoms with Gasteiger partial charge in [-0.1, -0.05) is 0 Å². The van der Waals surface area contributed by atoms with E-state index in [1.165, 1.54) is 0 Å². The van der Waals surface area contributed by atoms with Gasteiger partial charge in [0.25, 0.3) is 0 Å². The zero-order valence-electron chi connectivity index (χ0n) is 6.99. The molecule has 3 N–H and O–H groups in total. The van der Waals surface area contributed by atoms with E-state index in [0.717, 1.165) is 0 Å². The molecule has 0 radical (unpaired) electrons. The molecule has 0 saturated heterocycles. The fourth-order valence-corrected chi connectivity index (χ4v) is 1.19. The summed E-state index contributed by atoms with van der Waals surface area (Å²) in [6.07, 6.45) is -4.56. The molecular weight excluding hydrogens is 285 g/mol. The number of alkyl halides is 5. The quantitative estimate of drug-likeness (QED) is 0.311. The SMILES string of the molecule is N=C(S(=O)O)C(F)(F)C(F)C(F)(F)S(=O)O. The van der Waals surface area contributed by atoms with Crippen molar-refractivity contribution in [3.8, 4) is 0 Å². The molecule has 16 heavy (non-hydrogen) atoms. The Labute approximate surface area is 90.1 Å². The summed E-state index contributed by atoms with van der Waals surface area (Å²) in [5, 5.41) is -1.65. The lowest BCUT2D eigenvalue weighted by atomic mass is 10.2. The first-order chi connectivity index (χ1) is 6.95. The molecule has 0 aliphatic rings. The lowest BCUT2D eigenvalue weighted by Gasteiger charge is -2.24. The zero-order chi connectivity index (χ0) is 13.3. The van der Waals surface area contributed by atoms with Crippen molar-refractivity contribution in [2.24, 2.45) is 0 Å². The highest BCUT2D eigenvalue weighted by Gasteiger charge is 2.63. The molecule has 12 heteroatoms. The minimum atomic E-state index is -5.37. The Balaban J connectivity index is 5.26. The molecule has 3 unspecified atom stereocenters. The average Bonchev–Trinajstić information content (AvgIpc) is 2.14. The van der Waals surface area contributed by atoms with Gasteiger partial charge < -0.3 is 9.11 Å². The number of hydrogen-bond donors (Lipinski definition) is 3. The maximum absolute atomic E-state index is 12.6. The van der Waals surface area contributed by atoms with Crippen LogP contribution in [0.15, 0.2) is 0 Å². The molecule has 0 aromatic rings. The standard InChI is InChI=1S/C4H4F5NO4S2/c5-1(4(8,9)16(13)14)3(6,7)2(10)15(11)12/h1,10H,(H,11,12)(H,13,14). The minimum Gasteiger partial charge on any atom is -0.301 e. The van der Waals surface area contributed by atoms with E-state index in [1.54, 1.807) is 0 Å². The second kappa shape index (κ2) is 4.81. The molecule has 96 valence electrons. The van der Waals surface area contributed by atoms with Crippen LogP contribution in [-0.4, -0.2) is 39.9 Å². The molecule has 0 bridgehead atoms. The van der Waals surface area contributed by atoms with Crippen LogP contribution in [0.2, 0.25) is 0 Å². The monoisotopic (exact) mass is 289 g/mol. The molecular formula is C4H4F5NO4S2. The van der Waals surface area contributed by atoms with Gasteiger partial charge in [-0.15, -0.1) is 0 Å². The summed E-state index contributed by atoms with van der Waals surface area (Å²) < 4.78 is 98.4. The summed E-state index contributed by atoms with van der Waals surface area (Å²) >= 11 is -7.92. The van der Waals surface area contributed by atoms with Crippen LogP contribution in [0.5, 0.6) is 0 Å². The van der Waals surface area contributed by atoms with Gasteiger partial charge in [-0.05, 0) is 0 Å². The van der Waals surface area contributed by atoms with E-state index >= 15 is 0 Å². The predicted molar refractivity (Wildman–Crippen MR) is 44.1 cm³/mol. The van der Waals surface area contributed by atoms with Crippen LogP contribution in [0.4, 0.5) is 22.0 Å². The van der Waals surface area contributed by atoms with E-state index < -0.39 is 44.6 Å². The normalized spacial score (nSPS) is 18.9. The molecule has 0 heterocycles. The summed E-state index contributed by atoms with van der Waals surface area (Å²) in [6, 6.07) is 0. The van der Waals surface area contributed by atoms with Crippen molar-refractivity contribution in [3.63, 3.8) is 0 Å². The van der Waals surface area contributed by atoms with Crippen molar-refractivity contribution in [2.75, 3.05) is 0 Å². The summed E-state index contributed by atoms with van der Waals surface area (Å²) in [5.74, 6) is -5.33. The second-order valence-electron chi connectivity index (χ2n) is 2.37. The van der Waals surface area contributed by atoms with E-state index in [4.69, 9.17) is 14.5 Å². The molecule has 0 aliphatic heterocycles. The Morgan fingerprint density at radius 2 is 1.56 bits per heavy atom. The number of halogens is 5. The summed E-state index contributed by atoms with van der Waals surface area (Å²) in [7, 11) is 0. The van der Waals surface area contributed by atoms with Gasteiger partial charge in [0.05, 0.1) is 0 Å². The lowest BCUT2D eigenvalue weighted by Crippen LogP contribution is -2.51. The summed E-state index contributed by atoms with van der Waals surface area (Å²) in [4.78, 5) is 0. The molecule has 0 rings (SSSR count). The predicted octanol–water partition coefficient (Wildman–Crippen LogP) is 0.973. The third-order valence-corrected chi connectivity index (χ3v) is 2.62. The Hall–Kier alpha value is -0.460. The van der Waals surface area contributed by atoms with Gasteiger partial charge in [-0.2, -0.15) is 17.6 Å². The second-order valence-corrected chi connectivity index (χ2v) is 4.32.